The first-order chi connectivity index (χ1) is 5.60. The smallest absolute Gasteiger partial charge is 0.474 e. The van der Waals surface area contributed by atoms with Gasteiger partial charge in [0.1, 0.15) is 0 Å². The summed E-state index contributed by atoms with van der Waals surface area (Å²) in [4.78, 5) is 21.0. The maximum absolute atomic E-state index is 10.5. The molecule has 0 saturated heterocycles. The van der Waals surface area contributed by atoms with E-state index in [1.165, 1.54) is 0 Å². The monoisotopic (exact) mass is 174 g/mol. The molecule has 0 aliphatic heterocycles. The van der Waals surface area contributed by atoms with Gasteiger partial charge in [-0.3, -0.25) is 9.59 Å². The van der Waals surface area contributed by atoms with E-state index >= 15 is 0 Å². The zero-order chi connectivity index (χ0) is 9.56. The van der Waals surface area contributed by atoms with Gasteiger partial charge in [-0.05, 0) is 0 Å². The third kappa shape index (κ3) is 4.73. The van der Waals surface area contributed by atoms with Gasteiger partial charge in [0, 0.05) is 12.8 Å². The largest absolute Gasteiger partial charge is 0.789 e. The summed E-state index contributed by atoms with van der Waals surface area (Å²) in [5.74, 6) is -1.24. The predicted molar refractivity (Wildman–Crippen MR) is 40.7 cm³/mol. The average Bonchev–Trinajstić information content (AvgIpc) is 2.03. The van der Waals surface area contributed by atoms with Crippen LogP contribution in [-0.4, -0.2) is 24.3 Å². The molecule has 0 aromatic carbocycles. The van der Waals surface area contributed by atoms with E-state index in [1.807, 2.05) is 0 Å². The van der Waals surface area contributed by atoms with Crippen molar-refractivity contribution in [1.82, 2.24) is 0 Å². The summed E-state index contributed by atoms with van der Waals surface area (Å²) in [6.07, 6.45) is 0.251. The van der Waals surface area contributed by atoms with Crippen molar-refractivity contribution in [3.05, 3.63) is 0 Å². The molecule has 0 bridgehead atoms. The highest BCUT2D eigenvalue weighted by Crippen LogP contribution is 1.92. The molecule has 0 rings (SSSR count). The summed E-state index contributed by atoms with van der Waals surface area (Å²) in [6.45, 7) is 3.13. The van der Waals surface area contributed by atoms with Crippen molar-refractivity contribution in [3.8, 4) is 0 Å². The Morgan fingerprint density at radius 2 is 1.50 bits per heavy atom. The molecule has 0 aromatic rings. The van der Waals surface area contributed by atoms with E-state index in [0.29, 0.717) is 0 Å². The molecule has 0 heterocycles. The van der Waals surface area contributed by atoms with Crippen molar-refractivity contribution in [2.45, 2.75) is 26.7 Å². The van der Waals surface area contributed by atoms with E-state index < -0.39 is 19.3 Å². The van der Waals surface area contributed by atoms with Gasteiger partial charge < -0.3 is 14.3 Å². The Morgan fingerprint density at radius 3 is 1.75 bits per heavy atom. The van der Waals surface area contributed by atoms with E-state index in [1.54, 1.807) is 13.8 Å². The molecule has 0 amide bonds. The second kappa shape index (κ2) is 5.59. The molecular weight excluding hydrogens is 163 g/mol. The van der Waals surface area contributed by atoms with Gasteiger partial charge in [0.15, 0.2) is 0 Å². The second-order valence-electron chi connectivity index (χ2n) is 1.99. The van der Waals surface area contributed by atoms with Crippen LogP contribution in [0, 0.1) is 0 Å². The summed E-state index contributed by atoms with van der Waals surface area (Å²) in [6, 6.07) is 0. The van der Waals surface area contributed by atoms with Crippen LogP contribution in [0.2, 0.25) is 0 Å². The van der Waals surface area contributed by atoms with Crippen LogP contribution in [-0.2, 0) is 18.9 Å². The predicted octanol–water partition coefficient (Wildman–Crippen LogP) is -0.130. The maximum atomic E-state index is 10.5. The zero-order valence-electron chi connectivity index (χ0n) is 7.07. The number of hydrogen-bond donors (Lipinski definition) is 1. The molecule has 0 saturated carbocycles. The fourth-order valence-corrected chi connectivity index (χ4v) is 0.416. The molecule has 0 atom stereocenters. The number of hydrogen-bond acceptors (Lipinski definition) is 5. The highest BCUT2D eigenvalue weighted by Gasteiger charge is 2.25. The van der Waals surface area contributed by atoms with Crippen LogP contribution in [0.3, 0.4) is 0 Å². The molecule has 0 fully saturated rings. The highest BCUT2D eigenvalue weighted by atomic mass is 16.7. The van der Waals surface area contributed by atoms with Crippen LogP contribution in [0.1, 0.15) is 26.7 Å². The molecule has 6 heteroatoms. The summed E-state index contributed by atoms with van der Waals surface area (Å²) in [5.41, 5.74) is 0. The summed E-state index contributed by atoms with van der Waals surface area (Å²) < 4.78 is 8.49. The van der Waals surface area contributed by atoms with E-state index in [9.17, 15) is 9.59 Å². The Labute approximate surface area is 70.8 Å². The van der Waals surface area contributed by atoms with Gasteiger partial charge in [0.05, 0.1) is 0 Å². The van der Waals surface area contributed by atoms with Crippen LogP contribution < -0.4 is 0 Å². The third-order valence-electron chi connectivity index (χ3n) is 1.04. The van der Waals surface area contributed by atoms with E-state index in [4.69, 9.17) is 5.02 Å². The van der Waals surface area contributed by atoms with Gasteiger partial charge in [-0.25, -0.2) is 0 Å². The van der Waals surface area contributed by atoms with Crippen molar-refractivity contribution in [2.24, 2.45) is 0 Å². The Bertz CT molecular complexity index is 151. The minimum atomic E-state index is -1.77. The lowest BCUT2D eigenvalue weighted by Crippen LogP contribution is -2.28. The molecule has 0 radical (unpaired) electrons. The normalized spacial score (nSPS) is 8.92. The van der Waals surface area contributed by atoms with Crippen molar-refractivity contribution in [3.63, 3.8) is 0 Å². The molecule has 5 nitrogen and oxygen atoms in total. The number of rotatable bonds is 4. The third-order valence-corrected chi connectivity index (χ3v) is 1.04. The second-order valence-corrected chi connectivity index (χ2v) is 1.99. The minimum Gasteiger partial charge on any atom is -0.474 e. The van der Waals surface area contributed by atoms with E-state index in [2.05, 4.69) is 9.31 Å². The molecule has 68 valence electrons. The van der Waals surface area contributed by atoms with Gasteiger partial charge in [0.2, 0.25) is 0 Å². The molecule has 0 spiro atoms. The zero-order valence-corrected chi connectivity index (χ0v) is 7.07. The van der Waals surface area contributed by atoms with Gasteiger partial charge >= 0.3 is 7.32 Å². The van der Waals surface area contributed by atoms with Gasteiger partial charge in [-0.2, -0.15) is 0 Å². The minimum absolute atomic E-state index is 0.126. The van der Waals surface area contributed by atoms with Gasteiger partial charge in [-0.15, -0.1) is 0 Å². The molecule has 0 aliphatic carbocycles. The molecule has 0 aromatic heterocycles. The van der Waals surface area contributed by atoms with Crippen LogP contribution in [0.15, 0.2) is 0 Å². The van der Waals surface area contributed by atoms with Crippen LogP contribution in [0.25, 0.3) is 0 Å². The van der Waals surface area contributed by atoms with E-state index in [-0.39, 0.29) is 12.8 Å². The van der Waals surface area contributed by atoms with E-state index in [0.717, 1.165) is 0 Å². The summed E-state index contributed by atoms with van der Waals surface area (Å²) in [7, 11) is -1.77. The molecule has 0 unspecified atom stereocenters. The van der Waals surface area contributed by atoms with Crippen molar-refractivity contribution in [2.75, 3.05) is 0 Å². The number of carbonyl (C=O) groups is 2. The average molecular weight is 174 g/mol. The molecule has 0 aliphatic rings. The van der Waals surface area contributed by atoms with Crippen molar-refractivity contribution >= 4 is 19.3 Å². The Kier molecular flexibility index (Phi) is 5.11. The Morgan fingerprint density at radius 1 is 1.17 bits per heavy atom. The van der Waals surface area contributed by atoms with Gasteiger partial charge in [-0.1, -0.05) is 13.8 Å². The molecule has 1 N–H and O–H groups in total. The quantitative estimate of drug-likeness (QED) is 0.601. The van der Waals surface area contributed by atoms with Crippen LogP contribution in [0.4, 0.5) is 0 Å². The lowest BCUT2D eigenvalue weighted by atomic mass is 10.2. The topological polar surface area (TPSA) is 72.8 Å². The lowest BCUT2D eigenvalue weighted by molar-refractivity contribution is -0.142. The first kappa shape index (κ1) is 11.0. The Hall–Kier alpha value is -1.04. The van der Waals surface area contributed by atoms with Gasteiger partial charge in [0.25, 0.3) is 11.9 Å². The first-order valence-electron chi connectivity index (χ1n) is 3.67. The fraction of sp³-hybridized carbons (Fsp3) is 0.667. The molecular formula is C6H11BO5. The van der Waals surface area contributed by atoms with Crippen LogP contribution in [0.5, 0.6) is 0 Å². The van der Waals surface area contributed by atoms with Crippen molar-refractivity contribution in [1.29, 1.82) is 0 Å². The Balaban J connectivity index is 3.66. The SMILES string of the molecule is CCC(=O)OB(O)OC(=O)CC. The standard InChI is InChI=1S/C6H11BO5/c1-3-5(8)11-7(10)12-6(9)4-2/h10H,3-4H2,1-2H3. The summed E-state index contributed by atoms with van der Waals surface area (Å²) >= 11 is 0. The first-order valence-corrected chi connectivity index (χ1v) is 3.67. The lowest BCUT2D eigenvalue weighted by Gasteiger charge is -2.05. The highest BCUT2D eigenvalue weighted by molar-refractivity contribution is 6.40. The number of carbonyl (C=O) groups excluding carboxylic acids is 2. The summed E-state index contributed by atoms with van der Waals surface area (Å²) in [5, 5.41) is 8.77. The van der Waals surface area contributed by atoms with Crippen molar-refractivity contribution < 1.29 is 23.9 Å². The maximum Gasteiger partial charge on any atom is 0.789 e. The molecule has 12 heavy (non-hydrogen) atoms. The fourth-order valence-electron chi connectivity index (χ4n) is 0.416. The van der Waals surface area contributed by atoms with Crippen LogP contribution >= 0.6 is 0 Å².